The van der Waals surface area contributed by atoms with Gasteiger partial charge in [-0.2, -0.15) is 0 Å². The fourth-order valence-electron chi connectivity index (χ4n) is 3.10. The van der Waals surface area contributed by atoms with Gasteiger partial charge in [0.05, 0.1) is 0 Å². The van der Waals surface area contributed by atoms with E-state index in [2.05, 4.69) is 29.3 Å². The van der Waals surface area contributed by atoms with Crippen LogP contribution < -0.4 is 0 Å². The molecular formula is C19H14FN. The van der Waals surface area contributed by atoms with Crippen molar-refractivity contribution in [1.29, 1.82) is 0 Å². The highest BCUT2D eigenvalue weighted by Crippen LogP contribution is 2.35. The van der Waals surface area contributed by atoms with Gasteiger partial charge in [-0.25, -0.2) is 4.39 Å². The molecule has 1 nitrogen and oxygen atoms in total. The number of rotatable bonds is 1. The second-order valence-electron chi connectivity index (χ2n) is 5.42. The topological polar surface area (TPSA) is 12.9 Å². The number of nitrogens with zero attached hydrogens (tertiary/aromatic N) is 1. The predicted octanol–water partition coefficient (Wildman–Crippen LogP) is 4.86. The van der Waals surface area contributed by atoms with E-state index in [9.17, 15) is 4.39 Å². The van der Waals surface area contributed by atoms with Gasteiger partial charge in [-0.15, -0.1) is 0 Å². The monoisotopic (exact) mass is 275 g/mol. The second kappa shape index (κ2) is 4.81. The Morgan fingerprint density at radius 1 is 1.05 bits per heavy atom. The fourth-order valence-corrected chi connectivity index (χ4v) is 3.10. The first-order chi connectivity index (χ1) is 10.3. The molecule has 0 aliphatic heterocycles. The van der Waals surface area contributed by atoms with Crippen molar-refractivity contribution in [2.45, 2.75) is 12.8 Å². The molecule has 1 aromatic heterocycles. The van der Waals surface area contributed by atoms with E-state index in [1.165, 1.54) is 22.1 Å². The second-order valence-corrected chi connectivity index (χ2v) is 5.42. The van der Waals surface area contributed by atoms with Gasteiger partial charge in [0.2, 0.25) is 0 Å². The number of halogens is 1. The molecule has 0 saturated heterocycles. The van der Waals surface area contributed by atoms with Gasteiger partial charge in [0, 0.05) is 17.8 Å². The van der Waals surface area contributed by atoms with E-state index in [0.29, 0.717) is 0 Å². The molecule has 102 valence electrons. The van der Waals surface area contributed by atoms with Crippen molar-refractivity contribution in [1.82, 2.24) is 4.98 Å². The molecule has 0 amide bonds. The maximum Gasteiger partial charge on any atom is 0.123 e. The normalized spacial score (nSPS) is 15.6. The summed E-state index contributed by atoms with van der Waals surface area (Å²) >= 11 is 0. The molecule has 0 fully saturated rings. The van der Waals surface area contributed by atoms with E-state index < -0.39 is 0 Å². The van der Waals surface area contributed by atoms with Crippen molar-refractivity contribution in [3.8, 4) is 0 Å². The number of allylic oxidation sites excluding steroid dienone is 1. The Kier molecular flexibility index (Phi) is 2.81. The Hall–Kier alpha value is -2.48. The summed E-state index contributed by atoms with van der Waals surface area (Å²) < 4.78 is 13.3. The molecule has 1 aliphatic rings. The van der Waals surface area contributed by atoms with E-state index in [1.807, 2.05) is 24.5 Å². The van der Waals surface area contributed by atoms with Crippen LogP contribution in [0.5, 0.6) is 0 Å². The van der Waals surface area contributed by atoms with Gasteiger partial charge in [0.1, 0.15) is 5.82 Å². The number of pyridine rings is 1. The molecular weight excluding hydrogens is 261 g/mol. The Labute approximate surface area is 122 Å². The van der Waals surface area contributed by atoms with Crippen LogP contribution in [0, 0.1) is 5.82 Å². The first kappa shape index (κ1) is 12.3. The number of hydrogen-bond donors (Lipinski definition) is 0. The van der Waals surface area contributed by atoms with Crippen molar-refractivity contribution in [2.24, 2.45) is 0 Å². The van der Waals surface area contributed by atoms with Crippen LogP contribution in [-0.4, -0.2) is 4.98 Å². The lowest BCUT2D eigenvalue weighted by Gasteiger charge is -2.05. The quantitative estimate of drug-likeness (QED) is 0.618. The van der Waals surface area contributed by atoms with Crippen LogP contribution in [0.2, 0.25) is 0 Å². The maximum absolute atomic E-state index is 13.3. The molecule has 0 spiro atoms. The molecule has 0 bridgehead atoms. The van der Waals surface area contributed by atoms with Crippen molar-refractivity contribution >= 4 is 22.4 Å². The van der Waals surface area contributed by atoms with Crippen LogP contribution in [0.3, 0.4) is 0 Å². The molecule has 1 aliphatic carbocycles. The van der Waals surface area contributed by atoms with Gasteiger partial charge in [-0.05, 0) is 58.7 Å². The highest BCUT2D eigenvalue weighted by Gasteiger charge is 2.16. The molecule has 2 aromatic carbocycles. The molecule has 1 heterocycles. The van der Waals surface area contributed by atoms with Crippen molar-refractivity contribution in [2.75, 3.05) is 0 Å². The summed E-state index contributed by atoms with van der Waals surface area (Å²) in [5.41, 5.74) is 4.78. The van der Waals surface area contributed by atoms with Crippen LogP contribution in [0.25, 0.3) is 22.4 Å². The van der Waals surface area contributed by atoms with Crippen LogP contribution in [-0.2, 0) is 6.42 Å². The zero-order chi connectivity index (χ0) is 14.2. The highest BCUT2D eigenvalue weighted by molar-refractivity contribution is 5.96. The number of aryl methyl sites for hydroxylation is 1. The average Bonchev–Trinajstić information content (AvgIpc) is 2.90. The predicted molar refractivity (Wildman–Crippen MR) is 84.3 cm³/mol. The van der Waals surface area contributed by atoms with E-state index in [1.54, 1.807) is 12.1 Å². The molecule has 0 radical (unpaired) electrons. The van der Waals surface area contributed by atoms with Gasteiger partial charge >= 0.3 is 0 Å². The van der Waals surface area contributed by atoms with E-state index in [-0.39, 0.29) is 5.82 Å². The largest absolute Gasteiger partial charge is 0.264 e. The third kappa shape index (κ3) is 2.13. The minimum atomic E-state index is -0.147. The number of benzene rings is 2. The SMILES string of the molecule is Fc1ccc2c(c1)CC/C2=C/c1cccc2cnccc12. The Morgan fingerprint density at radius 2 is 2.00 bits per heavy atom. The Morgan fingerprint density at radius 3 is 2.95 bits per heavy atom. The van der Waals surface area contributed by atoms with Gasteiger partial charge in [-0.1, -0.05) is 30.3 Å². The van der Waals surface area contributed by atoms with E-state index >= 15 is 0 Å². The van der Waals surface area contributed by atoms with Crippen molar-refractivity contribution in [3.05, 3.63) is 77.4 Å². The zero-order valence-corrected chi connectivity index (χ0v) is 11.5. The van der Waals surface area contributed by atoms with Crippen molar-refractivity contribution in [3.63, 3.8) is 0 Å². The lowest BCUT2D eigenvalue weighted by molar-refractivity contribution is 0.626. The first-order valence-corrected chi connectivity index (χ1v) is 7.13. The standard InChI is InChI=1S/C19H14FN/c20-17-6-7-18-14(4-5-15(18)11-17)10-13-2-1-3-16-12-21-9-8-19(13)16/h1-3,6-12H,4-5H2/b14-10-. The summed E-state index contributed by atoms with van der Waals surface area (Å²) in [6.07, 6.45) is 7.83. The maximum atomic E-state index is 13.3. The fraction of sp³-hybridized carbons (Fsp3) is 0.105. The lowest BCUT2D eigenvalue weighted by Crippen LogP contribution is -1.84. The third-order valence-corrected chi connectivity index (χ3v) is 4.12. The molecule has 0 atom stereocenters. The van der Waals surface area contributed by atoms with Crippen molar-refractivity contribution < 1.29 is 4.39 Å². The molecule has 4 rings (SSSR count). The van der Waals surface area contributed by atoms with Gasteiger partial charge in [-0.3, -0.25) is 4.98 Å². The summed E-state index contributed by atoms with van der Waals surface area (Å²) in [5.74, 6) is -0.147. The molecule has 2 heteroatoms. The highest BCUT2D eigenvalue weighted by atomic mass is 19.1. The molecule has 3 aromatic rings. The van der Waals surface area contributed by atoms with Gasteiger partial charge in [0.15, 0.2) is 0 Å². The van der Waals surface area contributed by atoms with Crippen LogP contribution in [0.1, 0.15) is 23.1 Å². The summed E-state index contributed by atoms with van der Waals surface area (Å²) in [6.45, 7) is 0. The molecule has 21 heavy (non-hydrogen) atoms. The average molecular weight is 275 g/mol. The van der Waals surface area contributed by atoms with Gasteiger partial charge < -0.3 is 0 Å². The zero-order valence-electron chi connectivity index (χ0n) is 11.5. The summed E-state index contributed by atoms with van der Waals surface area (Å²) in [6, 6.07) is 13.4. The van der Waals surface area contributed by atoms with Crippen LogP contribution in [0.4, 0.5) is 4.39 Å². The summed E-state index contributed by atoms with van der Waals surface area (Å²) in [5, 5.41) is 2.35. The van der Waals surface area contributed by atoms with Crippen LogP contribution >= 0.6 is 0 Å². The summed E-state index contributed by atoms with van der Waals surface area (Å²) in [7, 11) is 0. The van der Waals surface area contributed by atoms with E-state index in [0.717, 1.165) is 23.8 Å². The molecule has 0 saturated carbocycles. The van der Waals surface area contributed by atoms with Crippen LogP contribution in [0.15, 0.2) is 54.9 Å². The molecule has 0 unspecified atom stereocenters. The Bertz CT molecular complexity index is 859. The lowest BCUT2D eigenvalue weighted by atomic mass is 10.0. The first-order valence-electron chi connectivity index (χ1n) is 7.13. The Balaban J connectivity index is 1.86. The summed E-state index contributed by atoms with van der Waals surface area (Å²) in [4.78, 5) is 4.17. The number of aromatic nitrogens is 1. The number of fused-ring (bicyclic) bond motifs is 2. The molecule has 0 N–H and O–H groups in total. The van der Waals surface area contributed by atoms with Gasteiger partial charge in [0.25, 0.3) is 0 Å². The minimum absolute atomic E-state index is 0.147. The smallest absolute Gasteiger partial charge is 0.123 e. The number of hydrogen-bond acceptors (Lipinski definition) is 1. The van der Waals surface area contributed by atoms with E-state index in [4.69, 9.17) is 0 Å². The minimum Gasteiger partial charge on any atom is -0.264 e. The third-order valence-electron chi connectivity index (χ3n) is 4.12.